The molecule has 3 aromatic rings. The lowest BCUT2D eigenvalue weighted by Crippen LogP contribution is -2.82. The van der Waals surface area contributed by atoms with E-state index in [1.54, 1.807) is 92.7 Å². The number of aliphatic hydroxyl groups is 3. The van der Waals surface area contributed by atoms with Crippen LogP contribution in [0.25, 0.3) is 0 Å². The minimum Gasteiger partial charge on any atom is -0.511 e. The predicted molar refractivity (Wildman–Crippen MR) is 229 cm³/mol. The number of hydrogen-bond donors (Lipinski definition) is 6. The Bertz CT molecular complexity index is 2390. The van der Waals surface area contributed by atoms with Crippen molar-refractivity contribution in [1.29, 1.82) is 0 Å². The summed E-state index contributed by atoms with van der Waals surface area (Å²) >= 11 is 0. The number of carbonyl (C=O) groups excluding carboxylic acids is 6. The summed E-state index contributed by atoms with van der Waals surface area (Å²) in [6.45, 7) is 7.97. The second kappa shape index (κ2) is 19.0. The largest absolute Gasteiger partial charge is 0.761 e. The normalized spacial score (nSPS) is 30.3. The molecule has 1 heterocycles. The highest BCUT2D eigenvalue weighted by molar-refractivity contribution is 6.22. The Morgan fingerprint density at radius 1 is 0.833 bits per heavy atom. The van der Waals surface area contributed by atoms with Gasteiger partial charge in [-0.25, -0.2) is 9.59 Å². The molecule has 0 spiro atoms. The maximum atomic E-state index is 15.5. The number of ether oxygens (including phenoxy) is 5. The molecule has 3 aromatic carbocycles. The van der Waals surface area contributed by atoms with Gasteiger partial charge >= 0.3 is 33.0 Å². The van der Waals surface area contributed by atoms with E-state index in [0.29, 0.717) is 5.56 Å². The molecule has 0 unspecified atom stereocenters. The zero-order chi connectivity index (χ0) is 48.5. The molecule has 1 aliphatic heterocycles. The summed E-state index contributed by atoms with van der Waals surface area (Å²) in [4.78, 5) is 97.8. The zero-order valence-corrected chi connectivity index (χ0v) is 38.0. The first kappa shape index (κ1) is 49.3. The molecule has 1 saturated heterocycles. The summed E-state index contributed by atoms with van der Waals surface area (Å²) < 4.78 is 39.0. The van der Waals surface area contributed by atoms with Crippen molar-refractivity contribution in [2.24, 2.45) is 16.7 Å². The number of rotatable bonds is 10. The summed E-state index contributed by atoms with van der Waals surface area (Å²) in [6.07, 6.45) is -10.5. The maximum Gasteiger partial charge on any atom is 0.761 e. The molecule has 2 saturated carbocycles. The topological polar surface area (TPSA) is 279 Å². The maximum absolute atomic E-state index is 15.5. The van der Waals surface area contributed by atoms with Crippen LogP contribution in [0.4, 0.5) is 0 Å². The average Bonchev–Trinajstić information content (AvgIpc) is 3.26. The molecule has 66 heavy (non-hydrogen) atoms. The number of amides is 1. The Labute approximate surface area is 381 Å². The quantitative estimate of drug-likeness (QED) is 0.0735. The number of esters is 4. The Kier molecular flexibility index (Phi) is 14.2. The lowest BCUT2D eigenvalue weighted by atomic mass is 9.44. The van der Waals surface area contributed by atoms with Crippen molar-refractivity contribution in [3.8, 4) is 0 Å². The van der Waals surface area contributed by atoms with Crippen LogP contribution in [0.5, 0.6) is 0 Å². The van der Waals surface area contributed by atoms with E-state index in [1.807, 2.05) is 0 Å². The van der Waals surface area contributed by atoms with Crippen molar-refractivity contribution < 1.29 is 81.8 Å². The van der Waals surface area contributed by atoms with Gasteiger partial charge in [0.1, 0.15) is 23.9 Å². The van der Waals surface area contributed by atoms with E-state index in [0.717, 1.165) is 13.8 Å². The van der Waals surface area contributed by atoms with E-state index in [2.05, 4.69) is 5.32 Å². The molecule has 0 radical (unpaired) electrons. The monoisotopic (exact) mass is 931 g/mol. The van der Waals surface area contributed by atoms with Gasteiger partial charge in [0.05, 0.1) is 35.6 Å². The SMILES string of the molecule is CC(=O)O[C@H]1C(=O)[C@@]2(C)[C@H]([C@H](OC(=O)c3ccccc3)[C@]3(O)C[C@H](OC(=O)[C@H](O)[C@@H](NC(=O)c4ccccc4)c4ccccc4)C(C)=C1C3(C)C)[C@]1(OC(C)=O)CO[C@@H]1C[C@@H]2O.O=[Si](O)O. The van der Waals surface area contributed by atoms with Gasteiger partial charge in [-0.05, 0) is 54.8 Å². The van der Waals surface area contributed by atoms with Crippen molar-refractivity contribution in [3.05, 3.63) is 119 Å². The van der Waals surface area contributed by atoms with E-state index in [4.69, 9.17) is 37.7 Å². The Hall–Kier alpha value is -6.12. The highest BCUT2D eigenvalue weighted by Gasteiger charge is 2.78. The second-order valence-electron chi connectivity index (χ2n) is 17.6. The summed E-state index contributed by atoms with van der Waals surface area (Å²) in [7, 11) is -3.13. The molecule has 3 aliphatic carbocycles. The van der Waals surface area contributed by atoms with Gasteiger partial charge in [0.25, 0.3) is 5.91 Å². The molecule has 7 rings (SSSR count). The van der Waals surface area contributed by atoms with Crippen LogP contribution >= 0.6 is 0 Å². The van der Waals surface area contributed by atoms with Crippen molar-refractivity contribution in [2.75, 3.05) is 6.61 Å². The number of nitrogens with one attached hydrogen (secondary N) is 1. The van der Waals surface area contributed by atoms with Crippen LogP contribution in [-0.2, 0) is 47.3 Å². The Balaban J connectivity index is 0.00000173. The van der Waals surface area contributed by atoms with Crippen molar-refractivity contribution in [3.63, 3.8) is 0 Å². The van der Waals surface area contributed by atoms with Gasteiger partial charge in [-0.1, -0.05) is 80.6 Å². The smallest absolute Gasteiger partial charge is 0.511 e. The van der Waals surface area contributed by atoms with Gasteiger partial charge in [-0.15, -0.1) is 0 Å². The summed E-state index contributed by atoms with van der Waals surface area (Å²) in [5.41, 5.74) is -7.02. The highest BCUT2D eigenvalue weighted by atomic mass is 28.3. The third-order valence-electron chi connectivity index (χ3n) is 13.5. The van der Waals surface area contributed by atoms with Crippen LogP contribution in [0.15, 0.2) is 102 Å². The second-order valence-corrected chi connectivity index (χ2v) is 18.2. The minimum atomic E-state index is -3.13. The summed E-state index contributed by atoms with van der Waals surface area (Å²) in [5, 5.41) is 40.2. The molecule has 0 aromatic heterocycles. The third-order valence-corrected chi connectivity index (χ3v) is 13.5. The Morgan fingerprint density at radius 3 is 1.89 bits per heavy atom. The van der Waals surface area contributed by atoms with E-state index >= 15 is 4.79 Å². The lowest BCUT2D eigenvalue weighted by molar-refractivity contribution is -0.346. The first-order chi connectivity index (χ1) is 31.0. The van der Waals surface area contributed by atoms with Crippen LogP contribution in [0.2, 0.25) is 0 Å². The number of ketones is 1. The fraction of sp³-hybridized carbons (Fsp3) is 0.447. The van der Waals surface area contributed by atoms with Crippen molar-refractivity contribution in [1.82, 2.24) is 5.32 Å². The first-order valence-electron chi connectivity index (χ1n) is 21.1. The standard InChI is InChI=1S/C47H51NO14.H2O3Si/c1-25-31(60-43(56)36(52)35(28-16-10-7-11-17-28)48-41(54)29-18-12-8-13-19-29)23-47(57)40(61-42(55)30-20-14-9-15-21-30)38-45(6,32(51)22-33-46(38,24-58-33)62-27(3)50)39(53)37(59-26(2)49)34(25)44(47,4)5;1-4(2)3/h7-21,31-33,35-38,40,51-52,57H,22-24H2,1-6H3,(H,48,54);1-2H/t31-,32-,33+,35-,36+,37+,38-,40-,45+,46-,47+;/m0./s1. The zero-order valence-electron chi connectivity index (χ0n) is 37.0. The molecule has 1 amide bonds. The Morgan fingerprint density at radius 2 is 1.38 bits per heavy atom. The first-order valence-corrected chi connectivity index (χ1v) is 22.4. The fourth-order valence-electron chi connectivity index (χ4n) is 10.2. The van der Waals surface area contributed by atoms with Gasteiger partial charge in [-0.2, -0.15) is 0 Å². The molecule has 11 atom stereocenters. The van der Waals surface area contributed by atoms with Crippen LogP contribution in [0.1, 0.15) is 86.7 Å². The van der Waals surface area contributed by atoms with E-state index < -0.39 is 122 Å². The van der Waals surface area contributed by atoms with Crippen LogP contribution < -0.4 is 5.32 Å². The van der Waals surface area contributed by atoms with Gasteiger partial charge in [0.15, 0.2) is 23.6 Å². The van der Waals surface area contributed by atoms with Gasteiger partial charge in [-0.3, -0.25) is 23.6 Å². The van der Waals surface area contributed by atoms with Crippen molar-refractivity contribution >= 4 is 44.7 Å². The molecular weight excluding hydrogens is 879 g/mol. The summed E-state index contributed by atoms with van der Waals surface area (Å²) in [5.74, 6) is -6.84. The van der Waals surface area contributed by atoms with Crippen LogP contribution in [0, 0.1) is 16.7 Å². The predicted octanol–water partition coefficient (Wildman–Crippen LogP) is 2.12. The lowest BCUT2D eigenvalue weighted by Gasteiger charge is -2.67. The van der Waals surface area contributed by atoms with Gasteiger partial charge in [0.2, 0.25) is 0 Å². The third kappa shape index (κ3) is 8.92. The molecular formula is C47H53NO17Si. The van der Waals surface area contributed by atoms with E-state index in [1.165, 1.54) is 26.0 Å². The molecule has 6 N–H and O–H groups in total. The van der Waals surface area contributed by atoms with E-state index in [-0.39, 0.29) is 35.3 Å². The molecule has 4 aliphatic rings. The number of benzene rings is 3. The number of Topliss-reactive ketones (excluding diaryl/α,β-unsaturated/α-hetero) is 1. The molecule has 18 nitrogen and oxygen atoms in total. The molecule has 3 fully saturated rings. The van der Waals surface area contributed by atoms with Gasteiger partial charge in [0, 0.05) is 37.7 Å². The molecule has 2 bridgehead atoms. The number of aliphatic hydroxyl groups excluding tert-OH is 2. The molecule has 352 valence electrons. The van der Waals surface area contributed by atoms with Crippen LogP contribution in [0.3, 0.4) is 0 Å². The summed E-state index contributed by atoms with van der Waals surface area (Å²) in [6, 6.07) is 22.9. The van der Waals surface area contributed by atoms with Gasteiger partial charge < -0.3 is 53.9 Å². The van der Waals surface area contributed by atoms with E-state index in [9.17, 15) is 39.3 Å². The number of hydrogen-bond acceptors (Lipinski definition) is 15. The number of carbonyl (C=O) groups is 6. The highest BCUT2D eigenvalue weighted by Crippen LogP contribution is 2.64. The van der Waals surface area contributed by atoms with Crippen molar-refractivity contribution in [2.45, 2.75) is 108 Å². The average molecular weight is 932 g/mol. The molecule has 19 heteroatoms. The van der Waals surface area contributed by atoms with Crippen LogP contribution in [-0.4, -0.2) is 124 Å². The fourth-order valence-corrected chi connectivity index (χ4v) is 10.2. The minimum absolute atomic E-state index is 0.00289. The number of fused-ring (bicyclic) bond motifs is 5.